The van der Waals surface area contributed by atoms with Gasteiger partial charge in [-0.1, -0.05) is 0 Å². The predicted molar refractivity (Wildman–Crippen MR) is 86.5 cm³/mol. The van der Waals surface area contributed by atoms with Gasteiger partial charge in [-0.25, -0.2) is 9.69 Å². The standard InChI is InChI=1S/C16H17N3O6/c1-4-25-16(22)13-11-12(17-18-13)15(21)19(14(11)20)9-7-8(23-2)5-6-10(9)24-3/h5-7,11-12,17H,4H2,1-3H3/t11-,12+/m1/s1. The summed E-state index contributed by atoms with van der Waals surface area (Å²) in [4.78, 5) is 38.5. The molecule has 9 heteroatoms. The summed E-state index contributed by atoms with van der Waals surface area (Å²) in [6.45, 7) is 1.79. The minimum absolute atomic E-state index is 0.102. The van der Waals surface area contributed by atoms with Crippen LogP contribution in [0.15, 0.2) is 23.3 Å². The summed E-state index contributed by atoms with van der Waals surface area (Å²) in [5.41, 5.74) is 2.70. The minimum Gasteiger partial charge on any atom is -0.497 e. The normalized spacial score (nSPS) is 21.6. The number of methoxy groups -OCH3 is 2. The molecule has 0 unspecified atom stereocenters. The van der Waals surface area contributed by atoms with Gasteiger partial charge in [0.1, 0.15) is 23.5 Å². The van der Waals surface area contributed by atoms with Crippen molar-refractivity contribution >= 4 is 29.2 Å². The van der Waals surface area contributed by atoms with Crippen LogP contribution in [0.1, 0.15) is 6.92 Å². The Hall–Kier alpha value is -3.10. The largest absolute Gasteiger partial charge is 0.497 e. The first-order valence-corrected chi connectivity index (χ1v) is 7.63. The number of ether oxygens (including phenoxy) is 3. The third-order valence-corrected chi connectivity index (χ3v) is 4.04. The molecule has 0 aliphatic carbocycles. The molecule has 1 fully saturated rings. The molecule has 132 valence electrons. The van der Waals surface area contributed by atoms with Crippen molar-refractivity contribution in [1.29, 1.82) is 0 Å². The number of esters is 1. The predicted octanol–water partition coefficient (Wildman–Crippen LogP) is 0.0841. The molecular formula is C16H17N3O6. The van der Waals surface area contributed by atoms with Gasteiger partial charge in [-0.3, -0.25) is 15.0 Å². The lowest BCUT2D eigenvalue weighted by Gasteiger charge is -2.19. The molecule has 0 spiro atoms. The maximum Gasteiger partial charge on any atom is 0.355 e. The third kappa shape index (κ3) is 2.57. The number of hydrogen-bond donors (Lipinski definition) is 1. The van der Waals surface area contributed by atoms with Gasteiger partial charge in [-0.15, -0.1) is 0 Å². The van der Waals surface area contributed by atoms with E-state index >= 15 is 0 Å². The van der Waals surface area contributed by atoms with Crippen LogP contribution in [0.25, 0.3) is 0 Å². The molecule has 2 aliphatic rings. The number of rotatable bonds is 5. The van der Waals surface area contributed by atoms with Crippen molar-refractivity contribution in [2.45, 2.75) is 13.0 Å². The molecule has 25 heavy (non-hydrogen) atoms. The van der Waals surface area contributed by atoms with E-state index in [0.717, 1.165) is 4.90 Å². The number of imide groups is 1. The molecular weight excluding hydrogens is 330 g/mol. The number of anilines is 1. The average Bonchev–Trinajstić information content (AvgIpc) is 3.15. The molecule has 2 amide bonds. The summed E-state index contributed by atoms with van der Waals surface area (Å²) in [7, 11) is 2.90. The Bertz CT molecular complexity index is 775. The van der Waals surface area contributed by atoms with Gasteiger partial charge in [0.05, 0.1) is 26.5 Å². The van der Waals surface area contributed by atoms with Gasteiger partial charge in [0, 0.05) is 6.07 Å². The van der Waals surface area contributed by atoms with Crippen molar-refractivity contribution < 1.29 is 28.6 Å². The molecule has 0 radical (unpaired) electrons. The lowest BCUT2D eigenvalue weighted by Crippen LogP contribution is -2.36. The second-order valence-electron chi connectivity index (χ2n) is 5.35. The van der Waals surface area contributed by atoms with Crippen molar-refractivity contribution in [3.8, 4) is 11.5 Å². The molecule has 9 nitrogen and oxygen atoms in total. The lowest BCUT2D eigenvalue weighted by atomic mass is 9.99. The first-order valence-electron chi connectivity index (χ1n) is 7.63. The van der Waals surface area contributed by atoms with Gasteiger partial charge >= 0.3 is 5.97 Å². The molecule has 1 aromatic rings. The van der Waals surface area contributed by atoms with Crippen molar-refractivity contribution in [3.63, 3.8) is 0 Å². The molecule has 1 saturated heterocycles. The molecule has 3 rings (SSSR count). The van der Waals surface area contributed by atoms with Gasteiger partial charge in [-0.2, -0.15) is 5.10 Å². The molecule has 2 aliphatic heterocycles. The van der Waals surface area contributed by atoms with E-state index in [1.807, 2.05) is 0 Å². The van der Waals surface area contributed by atoms with Crippen LogP contribution in [0.5, 0.6) is 11.5 Å². The van der Waals surface area contributed by atoms with Gasteiger partial charge in [0.15, 0.2) is 5.71 Å². The summed E-state index contributed by atoms with van der Waals surface area (Å²) >= 11 is 0. The first-order chi connectivity index (χ1) is 12.0. The number of fused-ring (bicyclic) bond motifs is 1. The minimum atomic E-state index is -1.03. The van der Waals surface area contributed by atoms with E-state index in [9.17, 15) is 14.4 Å². The quantitative estimate of drug-likeness (QED) is 0.594. The number of carbonyl (C=O) groups is 3. The SMILES string of the molecule is CCOC(=O)C1=NN[C@@H]2C(=O)N(c3cc(OC)ccc3OC)C(=O)[C@@H]12. The fourth-order valence-electron chi connectivity index (χ4n) is 2.87. The van der Waals surface area contributed by atoms with Crippen LogP contribution in [0, 0.1) is 5.92 Å². The Morgan fingerprint density at radius 1 is 1.24 bits per heavy atom. The topological polar surface area (TPSA) is 107 Å². The number of nitrogens with one attached hydrogen (secondary N) is 1. The van der Waals surface area contributed by atoms with E-state index in [2.05, 4.69) is 10.5 Å². The van der Waals surface area contributed by atoms with Crippen molar-refractivity contribution in [2.24, 2.45) is 11.0 Å². The van der Waals surface area contributed by atoms with Gasteiger partial charge < -0.3 is 14.2 Å². The van der Waals surface area contributed by atoms with E-state index in [4.69, 9.17) is 14.2 Å². The van der Waals surface area contributed by atoms with Crippen LogP contribution in [0.4, 0.5) is 5.69 Å². The van der Waals surface area contributed by atoms with Crippen LogP contribution in [0.3, 0.4) is 0 Å². The summed E-state index contributed by atoms with van der Waals surface area (Å²) in [5.74, 6) is -2.05. The van der Waals surface area contributed by atoms with Gasteiger partial charge in [-0.05, 0) is 19.1 Å². The highest BCUT2D eigenvalue weighted by molar-refractivity contribution is 6.46. The first kappa shape index (κ1) is 16.7. The van der Waals surface area contributed by atoms with Gasteiger partial charge in [0.2, 0.25) is 5.91 Å². The van der Waals surface area contributed by atoms with Crippen LogP contribution >= 0.6 is 0 Å². The van der Waals surface area contributed by atoms with E-state index in [-0.39, 0.29) is 18.0 Å². The average molecular weight is 347 g/mol. The summed E-state index contributed by atoms with van der Waals surface area (Å²) < 4.78 is 15.3. The van der Waals surface area contributed by atoms with Gasteiger partial charge in [0.25, 0.3) is 5.91 Å². The fourth-order valence-corrected chi connectivity index (χ4v) is 2.87. The second kappa shape index (κ2) is 6.42. The zero-order chi connectivity index (χ0) is 18.1. The van der Waals surface area contributed by atoms with E-state index in [1.54, 1.807) is 19.1 Å². The Morgan fingerprint density at radius 2 is 2.00 bits per heavy atom. The molecule has 2 heterocycles. The molecule has 2 atom stereocenters. The number of hydrazone groups is 1. The number of hydrogen-bond acceptors (Lipinski definition) is 8. The number of benzene rings is 1. The van der Waals surface area contributed by atoms with Crippen molar-refractivity contribution in [3.05, 3.63) is 18.2 Å². The summed E-state index contributed by atoms with van der Waals surface area (Å²) in [6.07, 6.45) is 0. The highest BCUT2D eigenvalue weighted by Gasteiger charge is 2.56. The highest BCUT2D eigenvalue weighted by Crippen LogP contribution is 2.38. The molecule has 1 N–H and O–H groups in total. The third-order valence-electron chi connectivity index (χ3n) is 4.04. The molecule has 0 saturated carbocycles. The van der Waals surface area contributed by atoms with Crippen molar-refractivity contribution in [2.75, 3.05) is 25.7 Å². The number of amides is 2. The van der Waals surface area contributed by atoms with Crippen molar-refractivity contribution in [1.82, 2.24) is 5.43 Å². The maximum atomic E-state index is 12.9. The second-order valence-corrected chi connectivity index (χ2v) is 5.35. The highest BCUT2D eigenvalue weighted by atomic mass is 16.5. The Labute approximate surface area is 143 Å². The van der Waals surface area contributed by atoms with E-state index in [1.165, 1.54) is 20.3 Å². The summed E-state index contributed by atoms with van der Waals surface area (Å²) in [6, 6.07) is 3.83. The molecule has 0 bridgehead atoms. The smallest absolute Gasteiger partial charge is 0.355 e. The number of nitrogens with zero attached hydrogens (tertiary/aromatic N) is 2. The molecule has 1 aromatic carbocycles. The lowest BCUT2D eigenvalue weighted by molar-refractivity contribution is -0.136. The fraction of sp³-hybridized carbons (Fsp3) is 0.375. The van der Waals surface area contributed by atoms with Crippen LogP contribution in [-0.4, -0.2) is 50.4 Å². The van der Waals surface area contributed by atoms with Crippen LogP contribution in [-0.2, 0) is 19.1 Å². The Balaban J connectivity index is 1.99. The zero-order valence-electron chi connectivity index (χ0n) is 13.9. The van der Waals surface area contributed by atoms with Crippen LogP contribution in [0.2, 0.25) is 0 Å². The van der Waals surface area contributed by atoms with E-state index < -0.39 is 29.7 Å². The maximum absolute atomic E-state index is 12.9. The molecule has 0 aromatic heterocycles. The summed E-state index contributed by atoms with van der Waals surface area (Å²) in [5, 5.41) is 3.81. The Kier molecular flexibility index (Phi) is 4.30. The monoisotopic (exact) mass is 347 g/mol. The zero-order valence-corrected chi connectivity index (χ0v) is 13.9. The Morgan fingerprint density at radius 3 is 2.64 bits per heavy atom. The van der Waals surface area contributed by atoms with Crippen LogP contribution < -0.4 is 19.8 Å². The number of carbonyl (C=O) groups excluding carboxylic acids is 3. The van der Waals surface area contributed by atoms with E-state index in [0.29, 0.717) is 11.5 Å².